The molecule has 0 bridgehead atoms. The largest absolute Gasteiger partial charge is 0.279 e. The summed E-state index contributed by atoms with van der Waals surface area (Å²) in [6, 6.07) is 20.1. The molecule has 0 amide bonds. The van der Waals surface area contributed by atoms with Gasteiger partial charge in [-0.05, 0) is 18.2 Å². The minimum Gasteiger partial charge on any atom is -0.279 e. The Kier molecular flexibility index (Phi) is 3.83. The molecule has 0 radical (unpaired) electrons. The number of aryl methyl sites for hydroxylation is 1. The lowest BCUT2D eigenvalue weighted by atomic mass is 10.1. The number of aromatic nitrogens is 6. The second-order valence-corrected chi connectivity index (χ2v) is 6.71. The van der Waals surface area contributed by atoms with Gasteiger partial charge >= 0.3 is 0 Å². The topological polar surface area (TPSA) is 87.1 Å². The third kappa shape index (κ3) is 2.73. The van der Waals surface area contributed by atoms with Gasteiger partial charge in [-0.15, -0.1) is 10.2 Å². The lowest BCUT2D eigenvalue weighted by molar-refractivity contribution is 0.614. The number of benzene rings is 2. The van der Waals surface area contributed by atoms with Crippen LogP contribution in [0.4, 0.5) is 0 Å². The lowest BCUT2D eigenvalue weighted by Crippen LogP contribution is -2.25. The number of hydrogen-bond acceptors (Lipinski definition) is 5. The molecule has 8 nitrogen and oxygen atoms in total. The van der Waals surface area contributed by atoms with E-state index in [1.165, 1.54) is 15.3 Å². The predicted octanol–water partition coefficient (Wildman–Crippen LogP) is 1.85. The van der Waals surface area contributed by atoms with Crippen LogP contribution in [0, 0.1) is 0 Å². The molecule has 0 saturated heterocycles. The molecular formula is C21H16N6O2. The molecule has 0 atom stereocenters. The zero-order valence-electron chi connectivity index (χ0n) is 15.6. The minimum atomic E-state index is -0.240. The van der Waals surface area contributed by atoms with Crippen LogP contribution in [0.15, 0.2) is 76.3 Å². The summed E-state index contributed by atoms with van der Waals surface area (Å²) in [5.74, 6) is 0.933. The van der Waals surface area contributed by atoms with Crippen LogP contribution in [-0.2, 0) is 13.6 Å². The van der Waals surface area contributed by atoms with Gasteiger partial charge < -0.3 is 0 Å². The maximum atomic E-state index is 12.6. The Hall–Kier alpha value is -4.07. The highest BCUT2D eigenvalue weighted by molar-refractivity contribution is 5.80. The van der Waals surface area contributed by atoms with Gasteiger partial charge in [0.05, 0.1) is 16.6 Å². The number of para-hydroxylation sites is 1. The average Bonchev–Trinajstić information content (AvgIpc) is 3.18. The van der Waals surface area contributed by atoms with Crippen LogP contribution in [0.5, 0.6) is 0 Å². The summed E-state index contributed by atoms with van der Waals surface area (Å²) in [6.07, 6.45) is 0. The lowest BCUT2D eigenvalue weighted by Gasteiger charge is -2.09. The van der Waals surface area contributed by atoms with Crippen molar-refractivity contribution in [2.75, 3.05) is 0 Å². The van der Waals surface area contributed by atoms with Crippen LogP contribution >= 0.6 is 0 Å². The van der Waals surface area contributed by atoms with Crippen LogP contribution in [0.3, 0.4) is 0 Å². The fourth-order valence-corrected chi connectivity index (χ4v) is 3.45. The van der Waals surface area contributed by atoms with Crippen molar-refractivity contribution >= 4 is 16.7 Å². The van der Waals surface area contributed by atoms with Crippen molar-refractivity contribution in [1.29, 1.82) is 0 Å². The molecule has 0 saturated carbocycles. The predicted molar refractivity (Wildman–Crippen MR) is 109 cm³/mol. The summed E-state index contributed by atoms with van der Waals surface area (Å²) in [5, 5.41) is 13.5. The highest BCUT2D eigenvalue weighted by Gasteiger charge is 2.15. The van der Waals surface area contributed by atoms with Crippen LogP contribution in [0.1, 0.15) is 5.82 Å². The first-order chi connectivity index (χ1) is 14.1. The van der Waals surface area contributed by atoms with Crippen molar-refractivity contribution in [2.45, 2.75) is 6.54 Å². The maximum absolute atomic E-state index is 12.6. The van der Waals surface area contributed by atoms with Crippen LogP contribution in [0.25, 0.3) is 27.9 Å². The van der Waals surface area contributed by atoms with Gasteiger partial charge in [0.1, 0.15) is 6.54 Å². The third-order valence-corrected chi connectivity index (χ3v) is 4.92. The van der Waals surface area contributed by atoms with Gasteiger partial charge in [-0.3, -0.25) is 18.6 Å². The normalized spacial score (nSPS) is 11.3. The van der Waals surface area contributed by atoms with E-state index in [-0.39, 0.29) is 17.7 Å². The first-order valence-electron chi connectivity index (χ1n) is 9.09. The molecular weight excluding hydrogens is 368 g/mol. The molecule has 3 aromatic heterocycles. The SMILES string of the molecule is Cn1c(=O)c2ccccc2n2c(Cn3nc(-c4ccccc4)ccc3=O)nnc12. The molecule has 0 fully saturated rings. The molecule has 0 aliphatic heterocycles. The second kappa shape index (κ2) is 6.52. The van der Waals surface area contributed by atoms with Gasteiger partial charge in [0.2, 0.25) is 5.78 Å². The van der Waals surface area contributed by atoms with E-state index in [0.717, 1.165) is 5.56 Å². The quantitative estimate of drug-likeness (QED) is 0.474. The Bertz CT molecular complexity index is 1480. The van der Waals surface area contributed by atoms with E-state index in [0.29, 0.717) is 28.2 Å². The van der Waals surface area contributed by atoms with E-state index < -0.39 is 0 Å². The Labute approximate surface area is 164 Å². The van der Waals surface area contributed by atoms with Gasteiger partial charge in [0.15, 0.2) is 5.82 Å². The Morgan fingerprint density at radius 2 is 1.62 bits per heavy atom. The van der Waals surface area contributed by atoms with Gasteiger partial charge in [-0.25, -0.2) is 4.68 Å². The smallest absolute Gasteiger partial charge is 0.267 e. The van der Waals surface area contributed by atoms with Crippen molar-refractivity contribution in [3.05, 3.63) is 93.3 Å². The summed E-state index contributed by atoms with van der Waals surface area (Å²) in [7, 11) is 1.66. The number of rotatable bonds is 3. The van der Waals surface area contributed by atoms with Crippen molar-refractivity contribution in [3.63, 3.8) is 0 Å². The first kappa shape index (κ1) is 17.1. The van der Waals surface area contributed by atoms with Crippen molar-refractivity contribution < 1.29 is 0 Å². The highest BCUT2D eigenvalue weighted by atomic mass is 16.1. The number of fused-ring (bicyclic) bond motifs is 3. The van der Waals surface area contributed by atoms with Gasteiger partial charge in [-0.2, -0.15) is 5.10 Å². The van der Waals surface area contributed by atoms with Crippen molar-refractivity contribution in [2.24, 2.45) is 7.05 Å². The molecule has 0 aliphatic rings. The molecule has 0 aliphatic carbocycles. The molecule has 142 valence electrons. The Morgan fingerprint density at radius 3 is 2.45 bits per heavy atom. The Morgan fingerprint density at radius 1 is 0.862 bits per heavy atom. The van der Waals surface area contributed by atoms with Crippen LogP contribution < -0.4 is 11.1 Å². The van der Waals surface area contributed by atoms with Crippen molar-refractivity contribution in [1.82, 2.24) is 28.9 Å². The zero-order chi connectivity index (χ0) is 20.0. The summed E-state index contributed by atoms with van der Waals surface area (Å²) in [5.41, 5.74) is 1.92. The summed E-state index contributed by atoms with van der Waals surface area (Å²) in [4.78, 5) is 25.0. The molecule has 0 N–H and O–H groups in total. The van der Waals surface area contributed by atoms with E-state index >= 15 is 0 Å². The molecule has 3 heterocycles. The fraction of sp³-hybridized carbons (Fsp3) is 0.0952. The van der Waals surface area contributed by atoms with E-state index in [9.17, 15) is 9.59 Å². The molecule has 8 heteroatoms. The van der Waals surface area contributed by atoms with Gasteiger partial charge in [0, 0.05) is 18.7 Å². The molecule has 0 spiro atoms. The monoisotopic (exact) mass is 384 g/mol. The van der Waals surface area contributed by atoms with E-state index in [1.54, 1.807) is 23.6 Å². The molecule has 0 unspecified atom stereocenters. The second-order valence-electron chi connectivity index (χ2n) is 6.71. The van der Waals surface area contributed by atoms with Gasteiger partial charge in [-0.1, -0.05) is 42.5 Å². The van der Waals surface area contributed by atoms with Crippen molar-refractivity contribution in [3.8, 4) is 11.3 Å². The molecule has 29 heavy (non-hydrogen) atoms. The molecule has 2 aromatic carbocycles. The summed E-state index contributed by atoms with van der Waals surface area (Å²) < 4.78 is 4.61. The van der Waals surface area contributed by atoms with Crippen LogP contribution in [0.2, 0.25) is 0 Å². The standard InChI is InChI=1S/C21H16N6O2/c1-25-20(29)15-9-5-6-10-17(15)27-18(22-23-21(25)27)13-26-19(28)12-11-16(24-26)14-7-3-2-4-8-14/h2-12H,13H2,1H3. The van der Waals surface area contributed by atoms with E-state index in [1.807, 2.05) is 48.5 Å². The third-order valence-electron chi connectivity index (χ3n) is 4.92. The molecule has 5 aromatic rings. The Balaban J connectivity index is 1.69. The van der Waals surface area contributed by atoms with Crippen LogP contribution in [-0.4, -0.2) is 28.9 Å². The van der Waals surface area contributed by atoms with E-state index in [4.69, 9.17) is 0 Å². The van der Waals surface area contributed by atoms with Gasteiger partial charge in [0.25, 0.3) is 11.1 Å². The highest BCUT2D eigenvalue weighted by Crippen LogP contribution is 2.16. The fourth-order valence-electron chi connectivity index (χ4n) is 3.45. The maximum Gasteiger partial charge on any atom is 0.267 e. The minimum absolute atomic E-state index is 0.128. The number of hydrogen-bond donors (Lipinski definition) is 0. The summed E-state index contributed by atoms with van der Waals surface area (Å²) >= 11 is 0. The first-order valence-corrected chi connectivity index (χ1v) is 9.09. The number of nitrogens with zero attached hydrogens (tertiary/aromatic N) is 6. The van der Waals surface area contributed by atoms with E-state index in [2.05, 4.69) is 15.3 Å². The zero-order valence-corrected chi connectivity index (χ0v) is 15.6. The average molecular weight is 384 g/mol. The molecule has 5 rings (SSSR count). The summed E-state index contributed by atoms with van der Waals surface area (Å²) in [6.45, 7) is 0.128.